The molecule has 0 fully saturated rings. The zero-order valence-corrected chi connectivity index (χ0v) is 8.01. The number of esters is 1. The SMILES string of the molecule is COC(=O)C(O)c1ccccc1[NH+]([O-])O. The van der Waals surface area contributed by atoms with E-state index in [0.717, 1.165) is 7.11 Å². The predicted molar refractivity (Wildman–Crippen MR) is 49.2 cm³/mol. The maximum atomic E-state index is 11.0. The summed E-state index contributed by atoms with van der Waals surface area (Å²) in [6, 6.07) is 5.72. The normalized spacial score (nSPS) is 14.4. The molecule has 0 aliphatic rings. The van der Waals surface area contributed by atoms with Crippen LogP contribution in [0.15, 0.2) is 24.3 Å². The van der Waals surface area contributed by atoms with Gasteiger partial charge in [0.2, 0.25) is 0 Å². The summed E-state index contributed by atoms with van der Waals surface area (Å²) >= 11 is 0. The highest BCUT2D eigenvalue weighted by Crippen LogP contribution is 2.20. The molecule has 3 N–H and O–H groups in total. The first-order valence-corrected chi connectivity index (χ1v) is 4.16. The van der Waals surface area contributed by atoms with Gasteiger partial charge in [-0.25, -0.2) is 10.0 Å². The van der Waals surface area contributed by atoms with Crippen LogP contribution in [0.5, 0.6) is 0 Å². The van der Waals surface area contributed by atoms with Crippen LogP contribution >= 0.6 is 0 Å². The van der Waals surface area contributed by atoms with Gasteiger partial charge in [-0.2, -0.15) is 5.23 Å². The lowest BCUT2D eigenvalue weighted by atomic mass is 10.1. The standard InChI is InChI=1S/C9H11NO5/c1-15-9(12)8(11)6-4-2-3-5-7(6)10(13)14/h2-5,8,10-11,13H,1H3. The molecule has 0 aromatic heterocycles. The first kappa shape index (κ1) is 11.6. The van der Waals surface area contributed by atoms with Crippen LogP contribution in [0.1, 0.15) is 11.7 Å². The Bertz CT molecular complexity index is 352. The summed E-state index contributed by atoms with van der Waals surface area (Å²) in [7, 11) is 1.12. The third kappa shape index (κ3) is 2.51. The van der Waals surface area contributed by atoms with E-state index < -0.39 is 17.3 Å². The summed E-state index contributed by atoms with van der Waals surface area (Å²) in [6.45, 7) is 0. The monoisotopic (exact) mass is 213 g/mol. The Hall–Kier alpha value is -1.47. The van der Waals surface area contributed by atoms with Gasteiger partial charge in [0, 0.05) is 6.07 Å². The molecule has 0 bridgehead atoms. The lowest BCUT2D eigenvalue weighted by molar-refractivity contribution is -0.991. The van der Waals surface area contributed by atoms with Gasteiger partial charge in [0.1, 0.15) is 0 Å². The van der Waals surface area contributed by atoms with Crippen molar-refractivity contribution in [2.75, 3.05) is 7.11 Å². The summed E-state index contributed by atoms with van der Waals surface area (Å²) in [5.41, 5.74) is -0.0905. The minimum atomic E-state index is -1.57. The number of aliphatic hydroxyl groups is 1. The number of para-hydroxylation sites is 1. The van der Waals surface area contributed by atoms with Gasteiger partial charge >= 0.3 is 5.97 Å². The van der Waals surface area contributed by atoms with Crippen molar-refractivity contribution in [3.05, 3.63) is 35.0 Å². The number of hydrogen-bond donors (Lipinski definition) is 3. The zero-order chi connectivity index (χ0) is 11.4. The average molecular weight is 213 g/mol. The highest BCUT2D eigenvalue weighted by molar-refractivity contribution is 5.77. The molecule has 1 aromatic rings. The van der Waals surface area contributed by atoms with Gasteiger partial charge in [-0.1, -0.05) is 12.1 Å². The fourth-order valence-corrected chi connectivity index (χ4v) is 1.17. The van der Waals surface area contributed by atoms with Crippen LogP contribution in [0.2, 0.25) is 0 Å². The molecular weight excluding hydrogens is 202 g/mol. The third-order valence-electron chi connectivity index (χ3n) is 1.91. The van der Waals surface area contributed by atoms with Gasteiger partial charge in [-0.05, 0) is 6.07 Å². The van der Waals surface area contributed by atoms with Crippen LogP contribution in [0.4, 0.5) is 5.69 Å². The van der Waals surface area contributed by atoms with Crippen LogP contribution < -0.4 is 5.23 Å². The molecule has 2 atom stereocenters. The first-order valence-electron chi connectivity index (χ1n) is 4.16. The molecule has 0 aliphatic carbocycles. The van der Waals surface area contributed by atoms with Crippen LogP contribution in [0.3, 0.4) is 0 Å². The van der Waals surface area contributed by atoms with Gasteiger partial charge in [0.15, 0.2) is 11.8 Å². The second-order valence-electron chi connectivity index (χ2n) is 2.82. The van der Waals surface area contributed by atoms with Crippen molar-refractivity contribution < 1.29 is 25.1 Å². The number of quaternary nitrogens is 1. The Morgan fingerprint density at radius 3 is 2.67 bits per heavy atom. The zero-order valence-electron chi connectivity index (χ0n) is 8.01. The van der Waals surface area contributed by atoms with Crippen molar-refractivity contribution >= 4 is 11.7 Å². The van der Waals surface area contributed by atoms with E-state index in [1.165, 1.54) is 24.3 Å². The molecular formula is C9H11NO5. The van der Waals surface area contributed by atoms with Crippen molar-refractivity contribution in [2.45, 2.75) is 6.10 Å². The van der Waals surface area contributed by atoms with Crippen molar-refractivity contribution in [1.29, 1.82) is 0 Å². The van der Waals surface area contributed by atoms with Crippen molar-refractivity contribution in [1.82, 2.24) is 0 Å². The van der Waals surface area contributed by atoms with E-state index in [9.17, 15) is 15.1 Å². The average Bonchev–Trinajstić information content (AvgIpc) is 2.27. The van der Waals surface area contributed by atoms with E-state index in [-0.39, 0.29) is 11.3 Å². The molecule has 1 aromatic carbocycles. The summed E-state index contributed by atoms with van der Waals surface area (Å²) < 4.78 is 4.32. The fourth-order valence-electron chi connectivity index (χ4n) is 1.17. The second-order valence-corrected chi connectivity index (χ2v) is 2.82. The van der Waals surface area contributed by atoms with E-state index in [0.29, 0.717) is 0 Å². The first-order chi connectivity index (χ1) is 7.07. The van der Waals surface area contributed by atoms with E-state index in [1.807, 2.05) is 0 Å². The van der Waals surface area contributed by atoms with Crippen LogP contribution in [-0.4, -0.2) is 23.4 Å². The minimum absolute atomic E-state index is 0.0249. The topological polar surface area (TPSA) is 94.3 Å². The van der Waals surface area contributed by atoms with Crippen LogP contribution in [-0.2, 0) is 9.53 Å². The molecule has 0 spiro atoms. The smallest absolute Gasteiger partial charge is 0.339 e. The minimum Gasteiger partial charge on any atom is -0.595 e. The van der Waals surface area contributed by atoms with E-state index in [1.54, 1.807) is 0 Å². The largest absolute Gasteiger partial charge is 0.595 e. The highest BCUT2D eigenvalue weighted by atomic mass is 16.8. The molecule has 0 saturated carbocycles. The Labute approximate surface area is 85.9 Å². The molecule has 6 heteroatoms. The Kier molecular flexibility index (Phi) is 3.75. The molecule has 6 nitrogen and oxygen atoms in total. The second kappa shape index (κ2) is 4.85. The number of carbonyl (C=O) groups excluding carboxylic acids is 1. The molecule has 0 radical (unpaired) electrons. The Morgan fingerprint density at radius 2 is 2.13 bits per heavy atom. The van der Waals surface area contributed by atoms with E-state index in [4.69, 9.17) is 5.21 Å². The Balaban J connectivity index is 3.07. The number of hydrogen-bond acceptors (Lipinski definition) is 5. The lowest BCUT2D eigenvalue weighted by Crippen LogP contribution is -2.99. The number of methoxy groups -OCH3 is 1. The van der Waals surface area contributed by atoms with Crippen LogP contribution in [0, 0.1) is 5.21 Å². The Morgan fingerprint density at radius 1 is 1.53 bits per heavy atom. The number of carbonyl (C=O) groups is 1. The number of aliphatic hydroxyl groups excluding tert-OH is 1. The van der Waals surface area contributed by atoms with E-state index in [2.05, 4.69) is 4.74 Å². The molecule has 2 unspecified atom stereocenters. The quantitative estimate of drug-likeness (QED) is 0.455. The maximum Gasteiger partial charge on any atom is 0.339 e. The summed E-state index contributed by atoms with van der Waals surface area (Å²) in [5.74, 6) is -0.885. The molecule has 15 heavy (non-hydrogen) atoms. The third-order valence-corrected chi connectivity index (χ3v) is 1.91. The summed E-state index contributed by atoms with van der Waals surface area (Å²) in [6.07, 6.45) is -1.57. The molecule has 0 saturated heterocycles. The molecule has 82 valence electrons. The van der Waals surface area contributed by atoms with Gasteiger partial charge in [-0.3, -0.25) is 0 Å². The molecule has 0 heterocycles. The molecule has 0 amide bonds. The van der Waals surface area contributed by atoms with Crippen molar-refractivity contribution in [3.8, 4) is 0 Å². The van der Waals surface area contributed by atoms with Gasteiger partial charge in [-0.15, -0.1) is 0 Å². The lowest BCUT2D eigenvalue weighted by Gasteiger charge is -2.17. The highest BCUT2D eigenvalue weighted by Gasteiger charge is 2.23. The molecule has 0 aliphatic heterocycles. The summed E-state index contributed by atoms with van der Waals surface area (Å²) in [5, 5.41) is 27.9. The number of ether oxygens (including phenoxy) is 1. The van der Waals surface area contributed by atoms with Gasteiger partial charge in [0.25, 0.3) is 0 Å². The predicted octanol–water partition coefficient (Wildman–Crippen LogP) is -0.704. The number of rotatable bonds is 3. The van der Waals surface area contributed by atoms with Gasteiger partial charge < -0.3 is 15.1 Å². The van der Waals surface area contributed by atoms with Gasteiger partial charge in [0.05, 0.1) is 12.7 Å². The molecule has 1 rings (SSSR count). The van der Waals surface area contributed by atoms with E-state index >= 15 is 0 Å². The van der Waals surface area contributed by atoms with Crippen molar-refractivity contribution in [3.63, 3.8) is 0 Å². The number of benzene rings is 1. The number of nitrogens with one attached hydrogen (secondary N) is 1. The fraction of sp³-hybridized carbons (Fsp3) is 0.222. The maximum absolute atomic E-state index is 11.0. The van der Waals surface area contributed by atoms with Crippen LogP contribution in [0.25, 0.3) is 0 Å². The summed E-state index contributed by atoms with van der Waals surface area (Å²) in [4.78, 5) is 11.0. The van der Waals surface area contributed by atoms with Crippen molar-refractivity contribution in [2.24, 2.45) is 0 Å².